The van der Waals surface area contributed by atoms with Gasteiger partial charge in [-0.25, -0.2) is 0 Å². The number of halogens is 2. The van der Waals surface area contributed by atoms with E-state index < -0.39 is 0 Å². The van der Waals surface area contributed by atoms with E-state index in [4.69, 9.17) is 23.2 Å². The van der Waals surface area contributed by atoms with Crippen LogP contribution in [0.5, 0.6) is 0 Å². The first-order chi connectivity index (χ1) is 10.5. The summed E-state index contributed by atoms with van der Waals surface area (Å²) in [6.45, 7) is 2.97. The van der Waals surface area contributed by atoms with Crippen molar-refractivity contribution in [2.75, 3.05) is 39.8 Å². The number of carbonyl (C=O) groups excluding carboxylic acids is 2. The van der Waals surface area contributed by atoms with E-state index in [1.807, 2.05) is 4.90 Å². The van der Waals surface area contributed by atoms with E-state index in [1.54, 1.807) is 30.1 Å². The maximum Gasteiger partial charge on any atom is 0.233 e. The largest absolute Gasteiger partial charge is 0.358 e. The van der Waals surface area contributed by atoms with Crippen molar-refractivity contribution in [2.24, 2.45) is 0 Å². The Hall–Kier alpha value is -1.30. The molecular weight excluding hydrogens is 325 g/mol. The van der Waals surface area contributed by atoms with Crippen LogP contribution in [0.2, 0.25) is 10.0 Å². The van der Waals surface area contributed by atoms with E-state index in [0.717, 1.165) is 0 Å². The van der Waals surface area contributed by atoms with Crippen molar-refractivity contribution in [1.82, 2.24) is 15.1 Å². The summed E-state index contributed by atoms with van der Waals surface area (Å²) in [7, 11) is 1.62. The molecule has 0 radical (unpaired) electrons. The van der Waals surface area contributed by atoms with Gasteiger partial charge in [0.25, 0.3) is 0 Å². The van der Waals surface area contributed by atoms with E-state index >= 15 is 0 Å². The van der Waals surface area contributed by atoms with Crippen molar-refractivity contribution in [1.29, 1.82) is 0 Å². The maximum atomic E-state index is 12.4. The molecule has 0 aliphatic carbocycles. The van der Waals surface area contributed by atoms with Crippen molar-refractivity contribution in [3.63, 3.8) is 0 Å². The predicted octanol–water partition coefficient (Wildman–Crippen LogP) is 1.43. The van der Waals surface area contributed by atoms with Crippen LogP contribution < -0.4 is 5.32 Å². The molecule has 1 fully saturated rings. The molecule has 1 aliphatic heterocycles. The minimum absolute atomic E-state index is 0.00888. The molecule has 1 aliphatic rings. The molecule has 0 unspecified atom stereocenters. The molecule has 1 heterocycles. The number of carbonyl (C=O) groups is 2. The summed E-state index contributed by atoms with van der Waals surface area (Å²) < 4.78 is 0. The van der Waals surface area contributed by atoms with Gasteiger partial charge in [0, 0.05) is 43.3 Å². The van der Waals surface area contributed by atoms with Gasteiger partial charge in [0.1, 0.15) is 0 Å². The van der Waals surface area contributed by atoms with Crippen molar-refractivity contribution >= 4 is 35.0 Å². The van der Waals surface area contributed by atoms with Gasteiger partial charge in [-0.05, 0) is 17.7 Å². The highest BCUT2D eigenvalue weighted by atomic mass is 35.5. The van der Waals surface area contributed by atoms with Gasteiger partial charge >= 0.3 is 0 Å². The van der Waals surface area contributed by atoms with Gasteiger partial charge in [-0.2, -0.15) is 0 Å². The minimum Gasteiger partial charge on any atom is -0.358 e. The van der Waals surface area contributed by atoms with Crippen molar-refractivity contribution in [2.45, 2.75) is 6.42 Å². The molecule has 2 amide bonds. The average Bonchev–Trinajstić information content (AvgIpc) is 2.51. The van der Waals surface area contributed by atoms with E-state index in [1.165, 1.54) is 0 Å². The highest BCUT2D eigenvalue weighted by Gasteiger charge is 2.23. The molecule has 5 nitrogen and oxygen atoms in total. The maximum absolute atomic E-state index is 12.4. The zero-order valence-corrected chi connectivity index (χ0v) is 14.0. The molecule has 0 spiro atoms. The monoisotopic (exact) mass is 343 g/mol. The Balaban J connectivity index is 1.89. The fourth-order valence-corrected chi connectivity index (χ4v) is 2.93. The second-order valence-electron chi connectivity index (χ2n) is 5.21. The molecule has 2 rings (SSSR count). The van der Waals surface area contributed by atoms with Crippen LogP contribution in [-0.2, 0) is 16.0 Å². The Kier molecular flexibility index (Phi) is 6.06. The molecule has 1 saturated heterocycles. The van der Waals surface area contributed by atoms with Crippen molar-refractivity contribution < 1.29 is 9.59 Å². The number of piperazine rings is 1. The second-order valence-corrected chi connectivity index (χ2v) is 6.02. The summed E-state index contributed by atoms with van der Waals surface area (Å²) in [6, 6.07) is 5.23. The van der Waals surface area contributed by atoms with E-state index in [2.05, 4.69) is 5.32 Å². The first-order valence-electron chi connectivity index (χ1n) is 7.15. The fraction of sp³-hybridized carbons (Fsp3) is 0.467. The lowest BCUT2D eigenvalue weighted by Gasteiger charge is -2.34. The second kappa shape index (κ2) is 7.81. The van der Waals surface area contributed by atoms with Crippen molar-refractivity contribution in [3.05, 3.63) is 33.8 Å². The Labute approximate surface area is 140 Å². The summed E-state index contributed by atoms with van der Waals surface area (Å²) in [5.74, 6) is -0.00258. The van der Waals surface area contributed by atoms with Gasteiger partial charge in [-0.3, -0.25) is 14.5 Å². The smallest absolute Gasteiger partial charge is 0.233 e. The van der Waals surface area contributed by atoms with Crippen LogP contribution in [0.3, 0.4) is 0 Å². The zero-order chi connectivity index (χ0) is 16.1. The third kappa shape index (κ3) is 4.35. The third-order valence-electron chi connectivity index (χ3n) is 3.76. The predicted molar refractivity (Wildman–Crippen MR) is 87.3 cm³/mol. The first-order valence-corrected chi connectivity index (χ1v) is 7.90. The van der Waals surface area contributed by atoms with Crippen LogP contribution in [0.25, 0.3) is 0 Å². The van der Waals surface area contributed by atoms with Crippen LogP contribution in [0.1, 0.15) is 5.56 Å². The number of rotatable bonds is 4. The molecule has 0 saturated carbocycles. The SMILES string of the molecule is CNC(=O)CN1CCN(C(=O)Cc2c(Cl)cccc2Cl)CC1. The minimum atomic E-state index is -0.0115. The Morgan fingerprint density at radius 2 is 1.73 bits per heavy atom. The Morgan fingerprint density at radius 1 is 1.14 bits per heavy atom. The topological polar surface area (TPSA) is 52.7 Å². The van der Waals surface area contributed by atoms with Gasteiger partial charge in [0.2, 0.25) is 11.8 Å². The van der Waals surface area contributed by atoms with E-state index in [9.17, 15) is 9.59 Å². The lowest BCUT2D eigenvalue weighted by atomic mass is 10.1. The number of benzene rings is 1. The lowest BCUT2D eigenvalue weighted by molar-refractivity contribution is -0.132. The summed E-state index contributed by atoms with van der Waals surface area (Å²) in [5.41, 5.74) is 0.670. The Bertz CT molecular complexity index is 537. The average molecular weight is 344 g/mol. The normalized spacial score (nSPS) is 15.7. The molecule has 1 N–H and O–H groups in total. The molecule has 0 atom stereocenters. The lowest BCUT2D eigenvalue weighted by Crippen LogP contribution is -2.51. The standard InChI is InChI=1S/C15H19Cl2N3O2/c1-18-14(21)10-19-5-7-20(8-6-19)15(22)9-11-12(16)3-2-4-13(11)17/h2-4H,5-10H2,1H3,(H,18,21). The van der Waals surface area contributed by atoms with E-state index in [0.29, 0.717) is 48.3 Å². The van der Waals surface area contributed by atoms with Gasteiger partial charge in [0.05, 0.1) is 13.0 Å². The van der Waals surface area contributed by atoms with Crippen LogP contribution >= 0.6 is 23.2 Å². The number of amides is 2. The number of nitrogens with one attached hydrogen (secondary N) is 1. The molecule has 22 heavy (non-hydrogen) atoms. The quantitative estimate of drug-likeness (QED) is 0.899. The summed E-state index contributed by atoms with van der Waals surface area (Å²) >= 11 is 12.2. The highest BCUT2D eigenvalue weighted by Crippen LogP contribution is 2.25. The van der Waals surface area contributed by atoms with Crippen LogP contribution in [0.4, 0.5) is 0 Å². The summed E-state index contributed by atoms with van der Waals surface area (Å²) in [6.07, 6.45) is 0.202. The van der Waals surface area contributed by atoms with Gasteiger partial charge in [-0.1, -0.05) is 29.3 Å². The third-order valence-corrected chi connectivity index (χ3v) is 4.47. The van der Waals surface area contributed by atoms with Gasteiger partial charge < -0.3 is 10.2 Å². The molecule has 120 valence electrons. The molecule has 0 bridgehead atoms. The molecular formula is C15H19Cl2N3O2. The van der Waals surface area contributed by atoms with Crippen LogP contribution in [0.15, 0.2) is 18.2 Å². The number of hydrogen-bond acceptors (Lipinski definition) is 3. The van der Waals surface area contributed by atoms with Gasteiger partial charge in [0.15, 0.2) is 0 Å². The molecule has 1 aromatic carbocycles. The molecule has 0 aromatic heterocycles. The van der Waals surface area contributed by atoms with E-state index in [-0.39, 0.29) is 18.2 Å². The van der Waals surface area contributed by atoms with Crippen LogP contribution in [0, 0.1) is 0 Å². The fourth-order valence-electron chi connectivity index (χ4n) is 2.40. The summed E-state index contributed by atoms with van der Waals surface area (Å²) in [4.78, 5) is 27.5. The van der Waals surface area contributed by atoms with Crippen molar-refractivity contribution in [3.8, 4) is 0 Å². The van der Waals surface area contributed by atoms with Crippen LogP contribution in [-0.4, -0.2) is 61.4 Å². The van der Waals surface area contributed by atoms with Gasteiger partial charge in [-0.15, -0.1) is 0 Å². The highest BCUT2D eigenvalue weighted by molar-refractivity contribution is 6.36. The zero-order valence-electron chi connectivity index (χ0n) is 12.4. The number of likely N-dealkylation sites (N-methyl/N-ethyl adjacent to an activating group) is 1. The molecule has 1 aromatic rings. The molecule has 7 heteroatoms. The number of nitrogens with zero attached hydrogens (tertiary/aromatic N) is 2. The Morgan fingerprint density at radius 3 is 2.27 bits per heavy atom. The first kappa shape index (κ1) is 17.1. The summed E-state index contributed by atoms with van der Waals surface area (Å²) in [5, 5.41) is 3.63. The number of hydrogen-bond donors (Lipinski definition) is 1.